The van der Waals surface area contributed by atoms with Crippen LogP contribution in [-0.2, 0) is 0 Å². The van der Waals surface area contributed by atoms with Crippen LogP contribution in [0.3, 0.4) is 0 Å². The van der Waals surface area contributed by atoms with Crippen molar-refractivity contribution in [2.75, 3.05) is 12.4 Å². The maximum absolute atomic E-state index is 12.3. The molecule has 0 aliphatic heterocycles. The number of aromatic amines is 1. The Morgan fingerprint density at radius 1 is 1.13 bits per heavy atom. The molecule has 0 radical (unpaired) electrons. The van der Waals surface area contributed by atoms with Crippen molar-refractivity contribution in [2.24, 2.45) is 4.99 Å². The van der Waals surface area contributed by atoms with Gasteiger partial charge in [-0.3, -0.25) is 9.78 Å². The first-order valence-electron chi connectivity index (χ1n) is 8.95. The molecule has 30 heavy (non-hydrogen) atoms. The summed E-state index contributed by atoms with van der Waals surface area (Å²) in [5.74, 6) is 0.00885. The fourth-order valence-corrected chi connectivity index (χ4v) is 2.71. The van der Waals surface area contributed by atoms with Gasteiger partial charge in [-0.15, -0.1) is 0 Å². The maximum Gasteiger partial charge on any atom is 0.345 e. The SMILES string of the molecule is COc1ccc(NC(=O)N=Cc2c(O)n(-c3ccc(C)c(C)c3)c(=O)[nH]c2=O)cc1. The third kappa shape index (κ3) is 4.30. The van der Waals surface area contributed by atoms with Gasteiger partial charge in [0.25, 0.3) is 5.56 Å². The predicted octanol–water partition coefficient (Wildman–Crippen LogP) is 2.51. The number of nitrogens with one attached hydrogen (secondary N) is 2. The summed E-state index contributed by atoms with van der Waals surface area (Å²) in [6, 6.07) is 10.9. The topological polar surface area (TPSA) is 126 Å². The summed E-state index contributed by atoms with van der Waals surface area (Å²) >= 11 is 0. The number of ether oxygens (including phenoxy) is 1. The van der Waals surface area contributed by atoms with Crippen LogP contribution in [-0.4, -0.2) is 34.0 Å². The van der Waals surface area contributed by atoms with Crippen molar-refractivity contribution in [3.63, 3.8) is 0 Å². The minimum absolute atomic E-state index is 0.322. The van der Waals surface area contributed by atoms with Crippen LogP contribution < -0.4 is 21.3 Å². The molecular formula is C21H20N4O5. The van der Waals surface area contributed by atoms with Crippen molar-refractivity contribution >= 4 is 17.9 Å². The first-order valence-corrected chi connectivity index (χ1v) is 8.95. The van der Waals surface area contributed by atoms with Crippen molar-refractivity contribution in [1.29, 1.82) is 0 Å². The molecule has 0 aliphatic carbocycles. The molecule has 0 bridgehead atoms. The lowest BCUT2D eigenvalue weighted by Crippen LogP contribution is -2.31. The lowest BCUT2D eigenvalue weighted by Gasteiger charge is -2.11. The van der Waals surface area contributed by atoms with Gasteiger partial charge in [-0.1, -0.05) is 6.07 Å². The van der Waals surface area contributed by atoms with Gasteiger partial charge in [0.15, 0.2) is 0 Å². The number of hydrogen-bond acceptors (Lipinski definition) is 5. The molecule has 2 aromatic carbocycles. The molecule has 154 valence electrons. The Bertz CT molecular complexity index is 1240. The Morgan fingerprint density at radius 2 is 1.83 bits per heavy atom. The molecule has 2 amide bonds. The van der Waals surface area contributed by atoms with Gasteiger partial charge in [-0.2, -0.15) is 0 Å². The van der Waals surface area contributed by atoms with E-state index in [2.05, 4.69) is 15.3 Å². The van der Waals surface area contributed by atoms with E-state index in [4.69, 9.17) is 4.74 Å². The lowest BCUT2D eigenvalue weighted by molar-refractivity contribution is 0.259. The molecule has 3 rings (SSSR count). The van der Waals surface area contributed by atoms with Crippen molar-refractivity contribution in [1.82, 2.24) is 9.55 Å². The Morgan fingerprint density at radius 3 is 2.47 bits per heavy atom. The second-order valence-electron chi connectivity index (χ2n) is 6.52. The third-order valence-corrected chi connectivity index (χ3v) is 4.52. The molecule has 0 spiro atoms. The largest absolute Gasteiger partial charge is 0.497 e. The number of nitrogens with zero attached hydrogens (tertiary/aromatic N) is 2. The van der Waals surface area contributed by atoms with E-state index in [0.717, 1.165) is 21.9 Å². The Balaban J connectivity index is 1.91. The van der Waals surface area contributed by atoms with Gasteiger partial charge in [-0.25, -0.2) is 19.1 Å². The number of amides is 2. The number of urea groups is 1. The fourth-order valence-electron chi connectivity index (χ4n) is 2.71. The van der Waals surface area contributed by atoms with Crippen LogP contribution in [0.4, 0.5) is 10.5 Å². The highest BCUT2D eigenvalue weighted by Gasteiger charge is 2.15. The quantitative estimate of drug-likeness (QED) is 0.572. The minimum Gasteiger partial charge on any atom is -0.497 e. The Kier molecular flexibility index (Phi) is 5.82. The fraction of sp³-hybridized carbons (Fsp3) is 0.143. The highest BCUT2D eigenvalue weighted by molar-refractivity contribution is 5.98. The molecule has 1 aromatic heterocycles. The Labute approximate surface area is 171 Å². The van der Waals surface area contributed by atoms with E-state index in [-0.39, 0.29) is 5.56 Å². The minimum atomic E-state index is -0.862. The first-order chi connectivity index (χ1) is 14.3. The second-order valence-corrected chi connectivity index (χ2v) is 6.52. The normalized spacial score (nSPS) is 10.9. The van der Waals surface area contributed by atoms with Crippen molar-refractivity contribution in [3.05, 3.63) is 80.0 Å². The highest BCUT2D eigenvalue weighted by Crippen LogP contribution is 2.18. The number of aromatic nitrogens is 2. The van der Waals surface area contributed by atoms with Crippen LogP contribution in [0.1, 0.15) is 16.7 Å². The van der Waals surface area contributed by atoms with Gasteiger partial charge in [0, 0.05) is 5.69 Å². The van der Waals surface area contributed by atoms with Gasteiger partial charge in [-0.05, 0) is 61.4 Å². The molecule has 3 N–H and O–H groups in total. The highest BCUT2D eigenvalue weighted by atomic mass is 16.5. The number of anilines is 1. The van der Waals surface area contributed by atoms with Gasteiger partial charge in [0.2, 0.25) is 5.88 Å². The smallest absolute Gasteiger partial charge is 0.345 e. The molecule has 0 unspecified atom stereocenters. The number of aliphatic imine (C=N–C) groups is 1. The van der Waals surface area contributed by atoms with Gasteiger partial charge < -0.3 is 15.2 Å². The standard InChI is InChI=1S/C21H20N4O5/c1-12-4-7-15(10-13(12)2)25-19(27)17(18(26)24-21(25)29)11-22-20(28)23-14-5-8-16(30-3)9-6-14/h4-11,27H,1-3H3,(H,23,28)(H,24,26,29). The Hall–Kier alpha value is -4.14. The zero-order chi connectivity index (χ0) is 21.8. The van der Waals surface area contributed by atoms with Crippen molar-refractivity contribution in [2.45, 2.75) is 13.8 Å². The van der Waals surface area contributed by atoms with E-state index in [1.165, 1.54) is 7.11 Å². The molecule has 3 aromatic rings. The molecule has 0 atom stereocenters. The molecule has 9 nitrogen and oxygen atoms in total. The van der Waals surface area contributed by atoms with E-state index in [1.807, 2.05) is 13.8 Å². The summed E-state index contributed by atoms with van der Waals surface area (Å²) in [5.41, 5.74) is 0.758. The van der Waals surface area contributed by atoms with E-state index in [9.17, 15) is 19.5 Å². The molecular weight excluding hydrogens is 388 g/mol. The van der Waals surface area contributed by atoms with Gasteiger partial charge in [0.1, 0.15) is 11.3 Å². The summed E-state index contributed by atoms with van der Waals surface area (Å²) in [6.07, 6.45) is 0.907. The molecule has 0 aliphatic rings. The summed E-state index contributed by atoms with van der Waals surface area (Å²) < 4.78 is 5.98. The number of benzene rings is 2. The molecule has 0 saturated carbocycles. The molecule has 0 saturated heterocycles. The zero-order valence-electron chi connectivity index (χ0n) is 16.6. The number of H-pyrrole nitrogens is 1. The van der Waals surface area contributed by atoms with Crippen LogP contribution in [0.5, 0.6) is 11.6 Å². The first kappa shape index (κ1) is 20.6. The number of aromatic hydroxyl groups is 1. The van der Waals surface area contributed by atoms with E-state index in [0.29, 0.717) is 17.1 Å². The van der Waals surface area contributed by atoms with Gasteiger partial charge in [0.05, 0.1) is 19.0 Å². The van der Waals surface area contributed by atoms with Gasteiger partial charge >= 0.3 is 11.7 Å². The molecule has 0 fully saturated rings. The van der Waals surface area contributed by atoms with Crippen LogP contribution in [0, 0.1) is 13.8 Å². The summed E-state index contributed by atoms with van der Waals surface area (Å²) in [5, 5.41) is 13.0. The van der Waals surface area contributed by atoms with Crippen molar-refractivity contribution in [3.8, 4) is 17.3 Å². The van der Waals surface area contributed by atoms with Crippen LogP contribution in [0.2, 0.25) is 0 Å². The maximum atomic E-state index is 12.3. The number of methoxy groups -OCH3 is 1. The molecule has 1 heterocycles. The second kappa shape index (κ2) is 8.48. The van der Waals surface area contributed by atoms with E-state index < -0.39 is 23.2 Å². The zero-order valence-corrected chi connectivity index (χ0v) is 16.6. The van der Waals surface area contributed by atoms with Crippen LogP contribution >= 0.6 is 0 Å². The number of aryl methyl sites for hydroxylation is 2. The number of carbonyl (C=O) groups is 1. The average Bonchev–Trinajstić information content (AvgIpc) is 2.70. The lowest BCUT2D eigenvalue weighted by atomic mass is 10.1. The summed E-state index contributed by atoms with van der Waals surface area (Å²) in [6.45, 7) is 3.77. The van der Waals surface area contributed by atoms with Crippen LogP contribution in [0.15, 0.2) is 57.0 Å². The number of hydrogen-bond donors (Lipinski definition) is 3. The summed E-state index contributed by atoms with van der Waals surface area (Å²) in [7, 11) is 1.53. The van der Waals surface area contributed by atoms with Crippen LogP contribution in [0.25, 0.3) is 5.69 Å². The van der Waals surface area contributed by atoms with E-state index in [1.54, 1.807) is 42.5 Å². The van der Waals surface area contributed by atoms with Crippen molar-refractivity contribution < 1.29 is 14.6 Å². The summed E-state index contributed by atoms with van der Waals surface area (Å²) in [4.78, 5) is 42.2. The predicted molar refractivity (Wildman–Crippen MR) is 113 cm³/mol. The average molecular weight is 408 g/mol. The number of rotatable bonds is 4. The number of carbonyl (C=O) groups excluding carboxylic acids is 1. The third-order valence-electron chi connectivity index (χ3n) is 4.52. The molecule has 9 heteroatoms. The van der Waals surface area contributed by atoms with E-state index >= 15 is 0 Å². The monoisotopic (exact) mass is 408 g/mol.